The fourth-order valence-corrected chi connectivity index (χ4v) is 2.55. The van der Waals surface area contributed by atoms with Gasteiger partial charge in [0, 0.05) is 12.1 Å². The topological polar surface area (TPSA) is 78.6 Å². The second kappa shape index (κ2) is 6.16. The van der Waals surface area contributed by atoms with Gasteiger partial charge < -0.3 is 9.63 Å². The number of hydrogen-bond acceptors (Lipinski definition) is 5. The molecule has 6 heteroatoms. The van der Waals surface area contributed by atoms with Gasteiger partial charge >= 0.3 is 0 Å². The standard InChI is InChI=1S/C13H21N3O3/c1-9-7-13(19-15-9)14-12(18)8-16(2)10-5-3-4-6-11(10)17/h7,10-11,17H,3-6,8H2,1-2H3,(H,14,18). The summed E-state index contributed by atoms with van der Waals surface area (Å²) in [5.74, 6) is 0.205. The molecule has 0 aromatic carbocycles. The molecule has 1 amide bonds. The van der Waals surface area contributed by atoms with E-state index in [0.29, 0.717) is 5.88 Å². The molecule has 106 valence electrons. The number of likely N-dealkylation sites (N-methyl/N-ethyl adjacent to an activating group) is 1. The van der Waals surface area contributed by atoms with Gasteiger partial charge in [-0.2, -0.15) is 0 Å². The number of carbonyl (C=O) groups is 1. The molecule has 2 N–H and O–H groups in total. The van der Waals surface area contributed by atoms with Gasteiger partial charge in [0.1, 0.15) is 0 Å². The van der Waals surface area contributed by atoms with Crippen molar-refractivity contribution in [1.29, 1.82) is 0 Å². The number of nitrogens with zero attached hydrogens (tertiary/aromatic N) is 2. The lowest BCUT2D eigenvalue weighted by Gasteiger charge is -2.34. The summed E-state index contributed by atoms with van der Waals surface area (Å²) in [6, 6.07) is 1.74. The van der Waals surface area contributed by atoms with Gasteiger partial charge in [-0.25, -0.2) is 0 Å². The monoisotopic (exact) mass is 267 g/mol. The number of aliphatic hydroxyl groups is 1. The minimum Gasteiger partial charge on any atom is -0.391 e. The lowest BCUT2D eigenvalue weighted by molar-refractivity contribution is -0.118. The van der Waals surface area contributed by atoms with Crippen LogP contribution in [0.25, 0.3) is 0 Å². The van der Waals surface area contributed by atoms with Crippen LogP contribution in [0.5, 0.6) is 0 Å². The number of anilines is 1. The lowest BCUT2D eigenvalue weighted by Crippen LogP contribution is -2.46. The summed E-state index contributed by atoms with van der Waals surface area (Å²) < 4.78 is 4.93. The predicted octanol–water partition coefficient (Wildman–Crippen LogP) is 1.16. The van der Waals surface area contributed by atoms with Gasteiger partial charge in [-0.1, -0.05) is 18.0 Å². The van der Waals surface area contributed by atoms with E-state index in [2.05, 4.69) is 10.5 Å². The predicted molar refractivity (Wildman–Crippen MR) is 70.8 cm³/mol. The molecular weight excluding hydrogens is 246 g/mol. The normalized spacial score (nSPS) is 23.6. The maximum Gasteiger partial charge on any atom is 0.240 e. The van der Waals surface area contributed by atoms with Gasteiger partial charge in [-0.15, -0.1) is 0 Å². The van der Waals surface area contributed by atoms with Crippen LogP contribution in [0, 0.1) is 6.92 Å². The van der Waals surface area contributed by atoms with Crippen LogP contribution in [0.2, 0.25) is 0 Å². The average molecular weight is 267 g/mol. The van der Waals surface area contributed by atoms with Gasteiger partial charge in [0.05, 0.1) is 18.3 Å². The molecule has 0 aliphatic heterocycles. The molecule has 2 atom stereocenters. The van der Waals surface area contributed by atoms with E-state index in [1.807, 2.05) is 11.9 Å². The Morgan fingerprint density at radius 1 is 1.58 bits per heavy atom. The molecule has 2 rings (SSSR count). The molecule has 0 radical (unpaired) electrons. The third-order valence-corrected chi connectivity index (χ3v) is 3.54. The zero-order chi connectivity index (χ0) is 13.8. The number of aromatic nitrogens is 1. The SMILES string of the molecule is Cc1cc(NC(=O)CN(C)C2CCCCC2O)on1. The molecule has 1 fully saturated rings. The first kappa shape index (κ1) is 14.0. The molecule has 0 spiro atoms. The van der Waals surface area contributed by atoms with E-state index in [0.717, 1.165) is 31.4 Å². The Kier molecular flexibility index (Phi) is 4.55. The summed E-state index contributed by atoms with van der Waals surface area (Å²) in [5, 5.41) is 16.3. The van der Waals surface area contributed by atoms with Crippen molar-refractivity contribution in [2.45, 2.75) is 44.8 Å². The molecule has 0 bridgehead atoms. The van der Waals surface area contributed by atoms with E-state index in [-0.39, 0.29) is 24.6 Å². The maximum atomic E-state index is 11.9. The molecule has 1 aliphatic carbocycles. The van der Waals surface area contributed by atoms with Crippen molar-refractivity contribution in [2.75, 3.05) is 18.9 Å². The Balaban J connectivity index is 1.84. The summed E-state index contributed by atoms with van der Waals surface area (Å²) in [7, 11) is 1.87. The van der Waals surface area contributed by atoms with Gasteiger partial charge in [0.25, 0.3) is 0 Å². The first-order chi connectivity index (χ1) is 9.06. The molecule has 1 aromatic rings. The van der Waals surface area contributed by atoms with Gasteiger partial charge in [0.15, 0.2) is 0 Å². The Morgan fingerprint density at radius 3 is 2.95 bits per heavy atom. The number of amides is 1. The third kappa shape index (κ3) is 3.78. The molecule has 19 heavy (non-hydrogen) atoms. The highest BCUT2D eigenvalue weighted by Gasteiger charge is 2.27. The minimum absolute atomic E-state index is 0.0657. The largest absolute Gasteiger partial charge is 0.391 e. The lowest BCUT2D eigenvalue weighted by atomic mass is 9.91. The number of carbonyl (C=O) groups excluding carboxylic acids is 1. The van der Waals surface area contributed by atoms with Crippen LogP contribution >= 0.6 is 0 Å². The van der Waals surface area contributed by atoms with Crippen molar-refractivity contribution in [3.8, 4) is 0 Å². The van der Waals surface area contributed by atoms with Crippen molar-refractivity contribution in [3.63, 3.8) is 0 Å². The highest BCUT2D eigenvalue weighted by molar-refractivity contribution is 5.90. The molecule has 2 unspecified atom stereocenters. The van der Waals surface area contributed by atoms with Crippen molar-refractivity contribution in [1.82, 2.24) is 10.1 Å². The van der Waals surface area contributed by atoms with E-state index in [9.17, 15) is 9.90 Å². The van der Waals surface area contributed by atoms with Crippen molar-refractivity contribution < 1.29 is 14.4 Å². The highest BCUT2D eigenvalue weighted by atomic mass is 16.5. The summed E-state index contributed by atoms with van der Waals surface area (Å²) in [6.45, 7) is 2.03. The fraction of sp³-hybridized carbons (Fsp3) is 0.692. The molecule has 6 nitrogen and oxygen atoms in total. The van der Waals surface area contributed by atoms with Crippen LogP contribution in [-0.4, -0.2) is 46.8 Å². The second-order valence-corrected chi connectivity index (χ2v) is 5.21. The number of nitrogens with one attached hydrogen (secondary N) is 1. The summed E-state index contributed by atoms with van der Waals surface area (Å²) >= 11 is 0. The zero-order valence-electron chi connectivity index (χ0n) is 11.4. The third-order valence-electron chi connectivity index (χ3n) is 3.54. The molecule has 0 saturated heterocycles. The van der Waals surface area contributed by atoms with Crippen LogP contribution in [0.15, 0.2) is 10.6 Å². The molecular formula is C13H21N3O3. The van der Waals surface area contributed by atoms with Gasteiger partial charge in [-0.05, 0) is 26.8 Å². The average Bonchev–Trinajstić information content (AvgIpc) is 2.74. The number of aliphatic hydroxyl groups excluding tert-OH is 1. The Bertz CT molecular complexity index is 433. The second-order valence-electron chi connectivity index (χ2n) is 5.21. The number of aryl methyl sites for hydroxylation is 1. The number of rotatable bonds is 4. The van der Waals surface area contributed by atoms with E-state index < -0.39 is 0 Å². The maximum absolute atomic E-state index is 11.9. The van der Waals surface area contributed by atoms with Crippen LogP contribution in [0.4, 0.5) is 5.88 Å². The molecule has 1 saturated carbocycles. The first-order valence-electron chi connectivity index (χ1n) is 6.68. The van der Waals surface area contributed by atoms with Crippen LogP contribution in [-0.2, 0) is 4.79 Å². The van der Waals surface area contributed by atoms with E-state index >= 15 is 0 Å². The Morgan fingerprint density at radius 2 is 2.32 bits per heavy atom. The highest BCUT2D eigenvalue weighted by Crippen LogP contribution is 2.22. The summed E-state index contributed by atoms with van der Waals surface area (Å²) in [6.07, 6.45) is 3.59. The first-order valence-corrected chi connectivity index (χ1v) is 6.68. The molecule has 1 aromatic heterocycles. The summed E-state index contributed by atoms with van der Waals surface area (Å²) in [5.41, 5.74) is 0.728. The van der Waals surface area contributed by atoms with Crippen molar-refractivity contribution in [3.05, 3.63) is 11.8 Å². The Labute approximate surface area is 112 Å². The van der Waals surface area contributed by atoms with Gasteiger partial charge in [0.2, 0.25) is 11.8 Å². The van der Waals surface area contributed by atoms with E-state index in [1.165, 1.54) is 0 Å². The van der Waals surface area contributed by atoms with Crippen LogP contribution in [0.3, 0.4) is 0 Å². The van der Waals surface area contributed by atoms with E-state index in [1.54, 1.807) is 13.0 Å². The molecule has 1 heterocycles. The summed E-state index contributed by atoms with van der Waals surface area (Å²) in [4.78, 5) is 13.8. The van der Waals surface area contributed by atoms with E-state index in [4.69, 9.17) is 4.52 Å². The Hall–Kier alpha value is -1.40. The zero-order valence-corrected chi connectivity index (χ0v) is 11.4. The smallest absolute Gasteiger partial charge is 0.240 e. The minimum atomic E-state index is -0.334. The molecule has 1 aliphatic rings. The fourth-order valence-electron chi connectivity index (χ4n) is 2.55. The number of hydrogen-bond donors (Lipinski definition) is 2. The van der Waals surface area contributed by atoms with Crippen molar-refractivity contribution in [2.24, 2.45) is 0 Å². The van der Waals surface area contributed by atoms with Crippen molar-refractivity contribution >= 4 is 11.8 Å². The van der Waals surface area contributed by atoms with Crippen LogP contribution in [0.1, 0.15) is 31.4 Å². The quantitative estimate of drug-likeness (QED) is 0.855. The van der Waals surface area contributed by atoms with Gasteiger partial charge in [-0.3, -0.25) is 15.0 Å². The van der Waals surface area contributed by atoms with Crippen LogP contribution < -0.4 is 5.32 Å².